The summed E-state index contributed by atoms with van der Waals surface area (Å²) in [5, 5.41) is 12.0. The highest BCUT2D eigenvalue weighted by atomic mass is 19.4. The number of alkyl halides is 3. The third-order valence-corrected chi connectivity index (χ3v) is 9.39. The third kappa shape index (κ3) is 7.75. The van der Waals surface area contributed by atoms with E-state index >= 15 is 0 Å². The molecule has 57 heavy (non-hydrogen) atoms. The van der Waals surface area contributed by atoms with Crippen LogP contribution in [-0.4, -0.2) is 25.7 Å². The van der Waals surface area contributed by atoms with Gasteiger partial charge in [0.25, 0.3) is 0 Å². The van der Waals surface area contributed by atoms with E-state index in [-0.39, 0.29) is 12.7 Å². The molecule has 2 heterocycles. The first-order valence-electron chi connectivity index (χ1n) is 18.0. The Bertz CT molecular complexity index is 2850. The summed E-state index contributed by atoms with van der Waals surface area (Å²) in [7, 11) is 0. The molecule has 9 rings (SSSR count). The van der Waals surface area contributed by atoms with E-state index in [0.29, 0.717) is 23.0 Å². The van der Waals surface area contributed by atoms with Crippen LogP contribution in [-0.2, 0) is 0 Å². The Hall–Kier alpha value is -7.44. The fraction of sp³-hybridized carbons (Fsp3) is 0.0417. The van der Waals surface area contributed by atoms with Gasteiger partial charge < -0.3 is 4.57 Å². The van der Waals surface area contributed by atoms with Crippen molar-refractivity contribution in [3.05, 3.63) is 181 Å². The molecule has 5 nitrogen and oxygen atoms in total. The number of hydrogen-bond donors (Lipinski definition) is 0. The molecule has 0 aliphatic carbocycles. The Morgan fingerprint density at radius 1 is 0.491 bits per heavy atom. The van der Waals surface area contributed by atoms with Crippen molar-refractivity contribution in [2.75, 3.05) is 0 Å². The summed E-state index contributed by atoms with van der Waals surface area (Å²) in [6, 6.07) is 57.3. The van der Waals surface area contributed by atoms with Crippen LogP contribution in [0.25, 0.3) is 83.9 Å². The lowest BCUT2D eigenvalue weighted by Gasteiger charge is -2.16. The van der Waals surface area contributed by atoms with Crippen molar-refractivity contribution >= 4 is 21.8 Å². The van der Waals surface area contributed by atoms with Crippen molar-refractivity contribution in [3.8, 4) is 68.2 Å². The number of para-hydroxylation sites is 1. The summed E-state index contributed by atoms with van der Waals surface area (Å²) in [5.74, 6) is 1.38. The average molecular weight is 754 g/mol. The highest BCUT2D eigenvalue weighted by molar-refractivity contribution is 6.11. The maximum absolute atomic E-state index is 14.1. The molecule has 9 heteroatoms. The van der Waals surface area contributed by atoms with E-state index in [1.54, 1.807) is 12.1 Å². The number of hydrogen-bond acceptors (Lipinski definition) is 4. The van der Waals surface area contributed by atoms with Gasteiger partial charge in [-0.25, -0.2) is 19.3 Å². The molecule has 0 aliphatic heterocycles. The van der Waals surface area contributed by atoms with Gasteiger partial charge in [0.15, 0.2) is 17.5 Å². The zero-order valence-electron chi connectivity index (χ0n) is 30.4. The first-order chi connectivity index (χ1) is 27.6. The number of fused-ring (bicyclic) bond motifs is 3. The SMILES string of the molecule is CC(F)(F)F.N#Cc1ccccc1-c1ccc2c(c1)c1ccccc1n2-c1cc(-c2ccc(F)cc2)ccc1-c1nc(-c2ccccc2)nc(-c2ccccc2)n1. The Morgan fingerprint density at radius 3 is 1.67 bits per heavy atom. The first kappa shape index (κ1) is 36.5. The Balaban J connectivity index is 0.000000859. The molecule has 0 saturated carbocycles. The Kier molecular flexibility index (Phi) is 9.85. The van der Waals surface area contributed by atoms with Crippen molar-refractivity contribution in [2.24, 2.45) is 0 Å². The van der Waals surface area contributed by atoms with Gasteiger partial charge in [0, 0.05) is 34.4 Å². The minimum Gasteiger partial charge on any atom is -0.308 e. The predicted octanol–water partition coefficient (Wildman–Crippen LogP) is 12.9. The maximum Gasteiger partial charge on any atom is 0.386 e. The van der Waals surface area contributed by atoms with Crippen LogP contribution in [0.2, 0.25) is 0 Å². The van der Waals surface area contributed by atoms with E-state index in [1.165, 1.54) is 12.1 Å². The molecule has 0 amide bonds. The zero-order chi connectivity index (χ0) is 39.5. The number of halogens is 4. The molecule has 0 radical (unpaired) electrons. The molecule has 9 aromatic rings. The van der Waals surface area contributed by atoms with E-state index in [9.17, 15) is 22.8 Å². The second kappa shape index (κ2) is 15.4. The summed E-state index contributed by atoms with van der Waals surface area (Å²) in [5.41, 5.74) is 9.70. The number of nitriles is 1. The average Bonchev–Trinajstić information content (AvgIpc) is 3.57. The van der Waals surface area contributed by atoms with Gasteiger partial charge in [-0.05, 0) is 70.8 Å². The topological polar surface area (TPSA) is 67.4 Å². The van der Waals surface area contributed by atoms with E-state index in [4.69, 9.17) is 15.0 Å². The molecule has 0 fully saturated rings. The fourth-order valence-electron chi connectivity index (χ4n) is 6.89. The lowest BCUT2D eigenvalue weighted by molar-refractivity contribution is -0.110. The molecular weight excluding hydrogens is 723 g/mol. The largest absolute Gasteiger partial charge is 0.386 e. The van der Waals surface area contributed by atoms with E-state index in [2.05, 4.69) is 47.0 Å². The summed E-state index contributed by atoms with van der Waals surface area (Å²) in [4.78, 5) is 15.1. The lowest BCUT2D eigenvalue weighted by atomic mass is 9.98. The standard InChI is InChI=1S/C46H28FN5.C2H3F3/c47-36-23-19-30(20-24-36)33-21-25-39(46-50-44(31-11-3-1-4-12-31)49-45(51-46)32-13-5-2-6-14-32)43(28-33)52-41-18-10-9-17-38(41)40-27-34(22-26-42(40)52)37-16-8-7-15-35(37)29-48;1-2(3,4)5/h1-28H;1H3. The quantitative estimate of drug-likeness (QED) is 0.159. The van der Waals surface area contributed by atoms with Crippen LogP contribution in [0.3, 0.4) is 0 Å². The van der Waals surface area contributed by atoms with E-state index in [1.807, 2.05) is 109 Å². The lowest BCUT2D eigenvalue weighted by Crippen LogP contribution is -2.04. The van der Waals surface area contributed by atoms with Gasteiger partial charge in [0.1, 0.15) is 5.82 Å². The second-order valence-corrected chi connectivity index (χ2v) is 13.3. The second-order valence-electron chi connectivity index (χ2n) is 13.3. The fourth-order valence-corrected chi connectivity index (χ4v) is 6.89. The van der Waals surface area contributed by atoms with Crippen molar-refractivity contribution in [1.82, 2.24) is 19.5 Å². The molecule has 2 aromatic heterocycles. The molecule has 0 bridgehead atoms. The number of benzene rings is 7. The van der Waals surface area contributed by atoms with Gasteiger partial charge >= 0.3 is 6.18 Å². The van der Waals surface area contributed by atoms with Crippen LogP contribution in [0.15, 0.2) is 170 Å². The molecular formula is C48H31F4N5. The third-order valence-electron chi connectivity index (χ3n) is 9.39. The van der Waals surface area contributed by atoms with E-state index in [0.717, 1.165) is 66.4 Å². The highest BCUT2D eigenvalue weighted by Gasteiger charge is 2.21. The van der Waals surface area contributed by atoms with E-state index < -0.39 is 6.18 Å². The molecule has 0 spiro atoms. The Morgan fingerprint density at radius 2 is 1.02 bits per heavy atom. The summed E-state index contributed by atoms with van der Waals surface area (Å²) in [6.07, 6.45) is -4.00. The predicted molar refractivity (Wildman–Crippen MR) is 218 cm³/mol. The Labute approximate surface area is 325 Å². The van der Waals surface area contributed by atoms with Gasteiger partial charge in [0.2, 0.25) is 0 Å². The number of nitrogens with zero attached hydrogens (tertiary/aromatic N) is 5. The van der Waals surface area contributed by atoms with Crippen LogP contribution in [0.4, 0.5) is 17.6 Å². The smallest absolute Gasteiger partial charge is 0.308 e. The van der Waals surface area contributed by atoms with Gasteiger partial charge in [0.05, 0.1) is 28.4 Å². The van der Waals surface area contributed by atoms with Crippen molar-refractivity contribution in [3.63, 3.8) is 0 Å². The number of aromatic nitrogens is 4. The summed E-state index contributed by atoms with van der Waals surface area (Å²) in [6.45, 7) is 0.188. The zero-order valence-corrected chi connectivity index (χ0v) is 30.4. The molecule has 0 atom stereocenters. The molecule has 0 aliphatic rings. The monoisotopic (exact) mass is 753 g/mol. The molecule has 0 N–H and O–H groups in total. The van der Waals surface area contributed by atoms with Crippen LogP contribution >= 0.6 is 0 Å². The minimum atomic E-state index is -4.00. The van der Waals surface area contributed by atoms with Gasteiger partial charge in [-0.2, -0.15) is 18.4 Å². The van der Waals surface area contributed by atoms with Crippen molar-refractivity contribution < 1.29 is 17.6 Å². The summed E-state index contributed by atoms with van der Waals surface area (Å²) < 4.78 is 47.4. The van der Waals surface area contributed by atoms with Crippen molar-refractivity contribution in [2.45, 2.75) is 13.1 Å². The van der Waals surface area contributed by atoms with Gasteiger partial charge in [-0.3, -0.25) is 0 Å². The van der Waals surface area contributed by atoms with Crippen LogP contribution in [0, 0.1) is 17.1 Å². The van der Waals surface area contributed by atoms with Gasteiger partial charge in [-0.1, -0.05) is 121 Å². The minimum absolute atomic E-state index is 0.188. The summed E-state index contributed by atoms with van der Waals surface area (Å²) >= 11 is 0. The van der Waals surface area contributed by atoms with Crippen molar-refractivity contribution in [1.29, 1.82) is 5.26 Å². The molecule has 7 aromatic carbocycles. The normalized spacial score (nSPS) is 11.2. The van der Waals surface area contributed by atoms with Crippen LogP contribution in [0.5, 0.6) is 0 Å². The van der Waals surface area contributed by atoms with Gasteiger partial charge in [-0.15, -0.1) is 0 Å². The first-order valence-corrected chi connectivity index (χ1v) is 18.0. The highest BCUT2D eigenvalue weighted by Crippen LogP contribution is 2.40. The molecule has 276 valence electrons. The maximum atomic E-state index is 14.1. The van der Waals surface area contributed by atoms with Crippen LogP contribution < -0.4 is 0 Å². The molecule has 0 saturated heterocycles. The van der Waals surface area contributed by atoms with Crippen LogP contribution in [0.1, 0.15) is 12.5 Å². The molecule has 0 unspecified atom stereocenters. The number of rotatable bonds is 6.